The molecule has 0 fully saturated rings. The van der Waals surface area contributed by atoms with Gasteiger partial charge in [0, 0.05) is 11.8 Å². The van der Waals surface area contributed by atoms with Gasteiger partial charge in [0.2, 0.25) is 0 Å². The lowest BCUT2D eigenvalue weighted by Crippen LogP contribution is -2.53. The second kappa shape index (κ2) is 5.97. The average Bonchev–Trinajstić information content (AvgIpc) is 2.47. The third kappa shape index (κ3) is 2.88. The molecule has 0 aliphatic carbocycles. The van der Waals surface area contributed by atoms with E-state index in [9.17, 15) is 15.2 Å². The number of carbonyl (C=O) groups excluding carboxylic acids is 1. The van der Waals surface area contributed by atoms with E-state index in [0.717, 1.165) is 9.80 Å². The SMILES string of the molecule is CCOC(=O)CCNCC1=[N+]([O-])C(C)(C)C(C)(C)N1[O]. The lowest BCUT2D eigenvalue weighted by atomic mass is 9.84. The van der Waals surface area contributed by atoms with Crippen molar-refractivity contribution in [2.75, 3.05) is 19.7 Å². The highest BCUT2D eigenvalue weighted by Crippen LogP contribution is 2.35. The highest BCUT2D eigenvalue weighted by molar-refractivity contribution is 5.81. The van der Waals surface area contributed by atoms with Crippen LogP contribution in [0, 0.1) is 5.21 Å². The molecular formula is C13H24N3O4. The van der Waals surface area contributed by atoms with Crippen LogP contribution < -0.4 is 5.32 Å². The summed E-state index contributed by atoms with van der Waals surface area (Å²) >= 11 is 0. The van der Waals surface area contributed by atoms with E-state index in [1.165, 1.54) is 0 Å². The maximum Gasteiger partial charge on any atom is 0.307 e. The molecule has 7 nitrogen and oxygen atoms in total. The number of nitrogens with zero attached hydrogens (tertiary/aromatic N) is 2. The smallest absolute Gasteiger partial charge is 0.307 e. The fraction of sp³-hybridized carbons (Fsp3) is 0.846. The van der Waals surface area contributed by atoms with Crippen molar-refractivity contribution >= 4 is 11.8 Å². The Balaban J connectivity index is 2.56. The molecule has 0 atom stereocenters. The van der Waals surface area contributed by atoms with Crippen LogP contribution in [0.25, 0.3) is 0 Å². The van der Waals surface area contributed by atoms with Gasteiger partial charge in [0.05, 0.1) is 13.0 Å². The Labute approximate surface area is 119 Å². The summed E-state index contributed by atoms with van der Waals surface area (Å²) in [6.07, 6.45) is 0.214. The molecule has 7 heteroatoms. The van der Waals surface area contributed by atoms with Crippen molar-refractivity contribution in [1.29, 1.82) is 0 Å². The number of hydroxylamine groups is 3. The first-order chi connectivity index (χ1) is 9.16. The zero-order valence-corrected chi connectivity index (χ0v) is 12.9. The van der Waals surface area contributed by atoms with Gasteiger partial charge in [-0.2, -0.15) is 0 Å². The predicted molar refractivity (Wildman–Crippen MR) is 73.4 cm³/mol. The van der Waals surface area contributed by atoms with Crippen LogP contribution in [0.3, 0.4) is 0 Å². The van der Waals surface area contributed by atoms with E-state index in [2.05, 4.69) is 5.32 Å². The van der Waals surface area contributed by atoms with Gasteiger partial charge in [0.15, 0.2) is 5.54 Å². The van der Waals surface area contributed by atoms with Crippen molar-refractivity contribution in [3.63, 3.8) is 0 Å². The summed E-state index contributed by atoms with van der Waals surface area (Å²) in [7, 11) is 0. The number of hydrogen-bond acceptors (Lipinski definition) is 5. The van der Waals surface area contributed by atoms with E-state index < -0.39 is 11.1 Å². The van der Waals surface area contributed by atoms with Gasteiger partial charge in [-0.15, -0.1) is 0 Å². The highest BCUT2D eigenvalue weighted by Gasteiger charge is 2.59. The molecule has 1 aliphatic rings. The van der Waals surface area contributed by atoms with Gasteiger partial charge in [0.25, 0.3) is 5.84 Å². The van der Waals surface area contributed by atoms with Gasteiger partial charge < -0.3 is 15.3 Å². The summed E-state index contributed by atoms with van der Waals surface area (Å²) in [5.74, 6) is -0.154. The first-order valence-electron chi connectivity index (χ1n) is 6.83. The van der Waals surface area contributed by atoms with Crippen LogP contribution >= 0.6 is 0 Å². The summed E-state index contributed by atoms with van der Waals surface area (Å²) in [5, 5.41) is 28.1. The molecule has 0 unspecified atom stereocenters. The van der Waals surface area contributed by atoms with Crippen molar-refractivity contribution in [1.82, 2.24) is 10.4 Å². The van der Waals surface area contributed by atoms with Gasteiger partial charge in [-0.1, -0.05) is 5.06 Å². The minimum atomic E-state index is -0.799. The van der Waals surface area contributed by atoms with E-state index in [1.54, 1.807) is 34.6 Å². The molecule has 115 valence electrons. The van der Waals surface area contributed by atoms with Crippen molar-refractivity contribution < 1.29 is 19.5 Å². The van der Waals surface area contributed by atoms with Crippen molar-refractivity contribution in [3.8, 4) is 0 Å². The topological polar surface area (TPSA) is 87.5 Å². The van der Waals surface area contributed by atoms with Gasteiger partial charge in [-0.25, -0.2) is 0 Å². The molecule has 1 radical (unpaired) electrons. The van der Waals surface area contributed by atoms with Gasteiger partial charge >= 0.3 is 5.97 Å². The quantitative estimate of drug-likeness (QED) is 0.335. The number of carbonyl (C=O) groups is 1. The van der Waals surface area contributed by atoms with Crippen LogP contribution in [0.4, 0.5) is 0 Å². The van der Waals surface area contributed by atoms with Crippen LogP contribution in [0.15, 0.2) is 0 Å². The molecule has 0 saturated heterocycles. The second-order valence-corrected chi connectivity index (χ2v) is 5.85. The summed E-state index contributed by atoms with van der Waals surface area (Å²) in [6, 6.07) is 0. The van der Waals surface area contributed by atoms with E-state index in [1.807, 2.05) is 0 Å². The predicted octanol–water partition coefficient (Wildman–Crippen LogP) is 0.656. The molecule has 1 heterocycles. The highest BCUT2D eigenvalue weighted by atomic mass is 16.5. The fourth-order valence-corrected chi connectivity index (χ4v) is 1.99. The van der Waals surface area contributed by atoms with Gasteiger partial charge in [-0.3, -0.25) is 9.53 Å². The first-order valence-corrected chi connectivity index (χ1v) is 6.83. The molecule has 0 aromatic carbocycles. The summed E-state index contributed by atoms with van der Waals surface area (Å²) in [6.45, 7) is 9.58. The fourth-order valence-electron chi connectivity index (χ4n) is 1.99. The maximum absolute atomic E-state index is 12.2. The molecule has 0 aromatic heterocycles. The summed E-state index contributed by atoms with van der Waals surface area (Å²) in [5.41, 5.74) is -1.60. The Morgan fingerprint density at radius 2 is 2.00 bits per heavy atom. The lowest BCUT2D eigenvalue weighted by molar-refractivity contribution is -0.540. The van der Waals surface area contributed by atoms with E-state index in [4.69, 9.17) is 4.74 Å². The minimum Gasteiger partial charge on any atom is -0.715 e. The van der Waals surface area contributed by atoms with Gasteiger partial charge in [0.1, 0.15) is 12.1 Å². The average molecular weight is 286 g/mol. The Kier molecular flexibility index (Phi) is 4.99. The van der Waals surface area contributed by atoms with Crippen molar-refractivity contribution in [2.45, 2.75) is 52.1 Å². The molecule has 1 rings (SSSR count). The standard InChI is InChI=1S/C13H24N3O4/c1-6-20-11(17)7-8-14-9-10-15(18)12(2,3)13(4,5)16(10)19/h14H,6-9H2,1-5H3. The van der Waals surface area contributed by atoms with Crippen LogP contribution in [-0.2, 0) is 14.7 Å². The minimum absolute atomic E-state index is 0.138. The third-order valence-electron chi connectivity index (χ3n) is 4.08. The number of ether oxygens (including phenoxy) is 1. The monoisotopic (exact) mass is 286 g/mol. The molecule has 0 aromatic rings. The van der Waals surface area contributed by atoms with Crippen LogP contribution in [0.5, 0.6) is 0 Å². The van der Waals surface area contributed by atoms with Crippen molar-refractivity contribution in [3.05, 3.63) is 5.21 Å². The first kappa shape index (κ1) is 16.7. The number of nitrogens with one attached hydrogen (secondary N) is 1. The summed E-state index contributed by atoms with van der Waals surface area (Å²) < 4.78 is 5.55. The van der Waals surface area contributed by atoms with Crippen molar-refractivity contribution in [2.24, 2.45) is 0 Å². The molecule has 0 saturated carbocycles. The Morgan fingerprint density at radius 3 is 2.45 bits per heavy atom. The zero-order chi connectivity index (χ0) is 15.6. The largest absolute Gasteiger partial charge is 0.715 e. The van der Waals surface area contributed by atoms with E-state index >= 15 is 0 Å². The maximum atomic E-state index is 12.2. The second-order valence-electron chi connectivity index (χ2n) is 5.85. The molecule has 20 heavy (non-hydrogen) atoms. The molecule has 1 aliphatic heterocycles. The van der Waals surface area contributed by atoms with Crippen LogP contribution in [0.1, 0.15) is 41.0 Å². The van der Waals surface area contributed by atoms with Crippen LogP contribution in [-0.4, -0.2) is 52.4 Å². The number of amidine groups is 1. The number of esters is 1. The zero-order valence-electron chi connectivity index (χ0n) is 12.9. The normalized spacial score (nSPS) is 20.4. The number of rotatable bonds is 6. The lowest BCUT2D eigenvalue weighted by Gasteiger charge is -2.32. The Bertz CT molecular complexity index is 404. The molecular weight excluding hydrogens is 262 g/mol. The molecule has 1 N–H and O–H groups in total. The van der Waals surface area contributed by atoms with Crippen LogP contribution in [0.2, 0.25) is 0 Å². The van der Waals surface area contributed by atoms with E-state index in [-0.39, 0.29) is 24.8 Å². The van der Waals surface area contributed by atoms with E-state index in [0.29, 0.717) is 13.2 Å². The Hall–Kier alpha value is -1.34. The summed E-state index contributed by atoms with van der Waals surface area (Å²) in [4.78, 5) is 11.2. The molecule has 0 spiro atoms. The molecule has 0 amide bonds. The number of hydrogen-bond donors (Lipinski definition) is 1. The molecule has 0 bridgehead atoms. The Morgan fingerprint density at radius 1 is 1.40 bits per heavy atom. The van der Waals surface area contributed by atoms with Gasteiger partial charge in [-0.05, 0) is 34.6 Å². The third-order valence-corrected chi connectivity index (χ3v) is 4.08.